The second-order valence-corrected chi connectivity index (χ2v) is 5.13. The third kappa shape index (κ3) is 7.92. The average molecular weight is 348 g/mol. The van der Waals surface area contributed by atoms with Crippen LogP contribution in [0.5, 0.6) is 5.75 Å². The normalized spacial score (nSPS) is 11.6. The minimum atomic E-state index is -0.668. The minimum absolute atomic E-state index is 0.0302. The second kappa shape index (κ2) is 10.7. The Morgan fingerprint density at radius 1 is 1.12 bits per heavy atom. The average Bonchev–Trinajstić information content (AvgIpc) is 2.63. The fourth-order valence-corrected chi connectivity index (χ4v) is 1.78. The van der Waals surface area contributed by atoms with Crippen LogP contribution in [-0.4, -0.2) is 44.3 Å². The maximum absolute atomic E-state index is 11.6. The van der Waals surface area contributed by atoms with Crippen LogP contribution in [0.1, 0.15) is 18.9 Å². The van der Waals surface area contributed by atoms with Gasteiger partial charge in [0.25, 0.3) is 0 Å². The van der Waals surface area contributed by atoms with Crippen LogP contribution in [0.2, 0.25) is 0 Å². The highest BCUT2D eigenvalue weighted by molar-refractivity contribution is 6.25. The van der Waals surface area contributed by atoms with Crippen molar-refractivity contribution in [2.45, 2.75) is 13.3 Å². The van der Waals surface area contributed by atoms with Crippen molar-refractivity contribution in [1.82, 2.24) is 0 Å². The predicted molar refractivity (Wildman–Crippen MR) is 88.8 cm³/mol. The summed E-state index contributed by atoms with van der Waals surface area (Å²) in [5, 5.41) is 0. The summed E-state index contributed by atoms with van der Waals surface area (Å²) in [5.41, 5.74) is 0.804. The molecule has 7 heteroatoms. The molecule has 0 amide bonds. The van der Waals surface area contributed by atoms with Crippen LogP contribution in [0.15, 0.2) is 30.3 Å². The van der Waals surface area contributed by atoms with Gasteiger partial charge in [0.1, 0.15) is 19.0 Å². The Balaban J connectivity index is 2.33. The van der Waals surface area contributed by atoms with Crippen molar-refractivity contribution >= 4 is 30.1 Å². The zero-order valence-electron chi connectivity index (χ0n) is 14.1. The number of rotatable bonds is 10. The summed E-state index contributed by atoms with van der Waals surface area (Å²) in [6.07, 6.45) is 2.95. The van der Waals surface area contributed by atoms with Gasteiger partial charge >= 0.3 is 11.9 Å². The van der Waals surface area contributed by atoms with E-state index in [1.54, 1.807) is 30.3 Å². The van der Waals surface area contributed by atoms with E-state index in [1.807, 2.05) is 0 Å². The minimum Gasteiger partial charge on any atom is -0.490 e. The van der Waals surface area contributed by atoms with E-state index in [4.69, 9.17) is 9.47 Å². The standard InChI is InChI=1S/C18H20O7/c1-13(11-15(20)12-19)18(22)25-10-9-24-16-6-3-14(4-7-16)5-8-17(21)23-2/h3-8,12-13H,9-11H2,1-2H3. The molecule has 0 spiro atoms. The fraction of sp³-hybridized carbons (Fsp3) is 0.333. The molecule has 7 nitrogen and oxygen atoms in total. The van der Waals surface area contributed by atoms with Crippen LogP contribution < -0.4 is 4.74 Å². The Morgan fingerprint density at radius 2 is 1.80 bits per heavy atom. The quantitative estimate of drug-likeness (QED) is 0.208. The van der Waals surface area contributed by atoms with Crippen molar-refractivity contribution < 1.29 is 33.4 Å². The van der Waals surface area contributed by atoms with E-state index in [0.29, 0.717) is 5.75 Å². The Kier molecular flexibility index (Phi) is 8.63. The van der Waals surface area contributed by atoms with E-state index in [0.717, 1.165) is 5.56 Å². The van der Waals surface area contributed by atoms with Crippen molar-refractivity contribution in [3.05, 3.63) is 35.9 Å². The molecule has 0 fully saturated rings. The van der Waals surface area contributed by atoms with Crippen molar-refractivity contribution in [2.24, 2.45) is 5.92 Å². The molecule has 1 aromatic rings. The van der Waals surface area contributed by atoms with Gasteiger partial charge in [0.15, 0.2) is 12.1 Å². The van der Waals surface area contributed by atoms with Gasteiger partial charge in [0.05, 0.1) is 13.0 Å². The topological polar surface area (TPSA) is 96.0 Å². The molecule has 0 N–H and O–H groups in total. The summed E-state index contributed by atoms with van der Waals surface area (Å²) in [6.45, 7) is 1.70. The highest BCUT2D eigenvalue weighted by Gasteiger charge is 2.17. The van der Waals surface area contributed by atoms with Gasteiger partial charge in [-0.05, 0) is 23.8 Å². The van der Waals surface area contributed by atoms with Gasteiger partial charge in [-0.2, -0.15) is 0 Å². The lowest BCUT2D eigenvalue weighted by atomic mass is 10.1. The molecule has 0 aliphatic carbocycles. The van der Waals surface area contributed by atoms with Crippen molar-refractivity contribution in [3.8, 4) is 5.75 Å². The molecule has 0 aromatic heterocycles. The summed E-state index contributed by atoms with van der Waals surface area (Å²) < 4.78 is 14.9. The molecular formula is C18H20O7. The number of esters is 2. The molecule has 0 saturated carbocycles. The molecule has 25 heavy (non-hydrogen) atoms. The van der Waals surface area contributed by atoms with Crippen LogP contribution in [-0.2, 0) is 28.7 Å². The Hall–Kier alpha value is -2.96. The molecule has 1 aromatic carbocycles. The highest BCUT2D eigenvalue weighted by Crippen LogP contribution is 2.13. The van der Waals surface area contributed by atoms with E-state index in [9.17, 15) is 19.2 Å². The Bertz CT molecular complexity index is 631. The van der Waals surface area contributed by atoms with Crippen molar-refractivity contribution in [1.29, 1.82) is 0 Å². The molecule has 0 saturated heterocycles. The van der Waals surface area contributed by atoms with E-state index >= 15 is 0 Å². The third-order valence-corrected chi connectivity index (χ3v) is 3.13. The molecule has 1 rings (SSSR count). The fourth-order valence-electron chi connectivity index (χ4n) is 1.78. The van der Waals surface area contributed by atoms with Crippen LogP contribution in [0, 0.1) is 5.92 Å². The molecule has 0 radical (unpaired) electrons. The molecular weight excluding hydrogens is 328 g/mol. The Morgan fingerprint density at radius 3 is 2.40 bits per heavy atom. The number of aldehydes is 1. The molecule has 1 atom stereocenters. The van der Waals surface area contributed by atoms with Gasteiger partial charge in [-0.15, -0.1) is 0 Å². The predicted octanol–water partition coefficient (Wildman–Crippen LogP) is 1.59. The molecule has 0 aliphatic heterocycles. The Labute approximate surface area is 145 Å². The summed E-state index contributed by atoms with van der Waals surface area (Å²) in [7, 11) is 1.30. The number of ketones is 1. The first-order chi connectivity index (χ1) is 12.0. The maximum Gasteiger partial charge on any atom is 0.330 e. The molecule has 1 unspecified atom stereocenters. The number of Topliss-reactive ketones (excluding diaryl/α,β-unsaturated/α-hetero) is 1. The lowest BCUT2D eigenvalue weighted by Gasteiger charge is -2.10. The largest absolute Gasteiger partial charge is 0.490 e. The van der Waals surface area contributed by atoms with E-state index in [1.165, 1.54) is 20.1 Å². The van der Waals surface area contributed by atoms with Gasteiger partial charge in [0.2, 0.25) is 0 Å². The number of ether oxygens (including phenoxy) is 3. The van der Waals surface area contributed by atoms with Crippen LogP contribution in [0.4, 0.5) is 0 Å². The maximum atomic E-state index is 11.6. The number of benzene rings is 1. The lowest BCUT2D eigenvalue weighted by Crippen LogP contribution is -2.21. The number of carbonyl (C=O) groups excluding carboxylic acids is 4. The van der Waals surface area contributed by atoms with Gasteiger partial charge in [0, 0.05) is 12.5 Å². The van der Waals surface area contributed by atoms with Crippen LogP contribution in [0.25, 0.3) is 6.08 Å². The van der Waals surface area contributed by atoms with Crippen molar-refractivity contribution in [2.75, 3.05) is 20.3 Å². The van der Waals surface area contributed by atoms with E-state index in [-0.39, 0.29) is 25.9 Å². The monoisotopic (exact) mass is 348 g/mol. The van der Waals surface area contributed by atoms with Gasteiger partial charge in [-0.1, -0.05) is 19.1 Å². The van der Waals surface area contributed by atoms with Crippen molar-refractivity contribution in [3.63, 3.8) is 0 Å². The van der Waals surface area contributed by atoms with E-state index < -0.39 is 23.6 Å². The molecule has 134 valence electrons. The smallest absolute Gasteiger partial charge is 0.330 e. The SMILES string of the molecule is COC(=O)C=Cc1ccc(OCCOC(=O)C(C)CC(=O)C=O)cc1. The summed E-state index contributed by atoms with van der Waals surface area (Å²) in [5.74, 6) is -1.72. The number of hydrogen-bond donors (Lipinski definition) is 0. The molecule has 0 heterocycles. The van der Waals surface area contributed by atoms with E-state index in [2.05, 4.69) is 4.74 Å². The van der Waals surface area contributed by atoms with Gasteiger partial charge in [-0.3, -0.25) is 14.4 Å². The highest BCUT2D eigenvalue weighted by atomic mass is 16.6. The number of hydrogen-bond acceptors (Lipinski definition) is 7. The molecule has 0 bridgehead atoms. The van der Waals surface area contributed by atoms with Gasteiger partial charge < -0.3 is 14.2 Å². The second-order valence-electron chi connectivity index (χ2n) is 5.13. The zero-order valence-corrected chi connectivity index (χ0v) is 14.1. The van der Waals surface area contributed by atoms with Crippen LogP contribution >= 0.6 is 0 Å². The zero-order chi connectivity index (χ0) is 18.7. The van der Waals surface area contributed by atoms with Gasteiger partial charge in [-0.25, -0.2) is 4.79 Å². The first-order valence-electron chi connectivity index (χ1n) is 7.59. The summed E-state index contributed by atoms with van der Waals surface area (Å²) in [6, 6.07) is 6.94. The number of methoxy groups -OCH3 is 1. The van der Waals surface area contributed by atoms with Crippen LogP contribution in [0.3, 0.4) is 0 Å². The first-order valence-corrected chi connectivity index (χ1v) is 7.59. The number of carbonyl (C=O) groups is 4. The summed E-state index contributed by atoms with van der Waals surface area (Å²) >= 11 is 0. The summed E-state index contributed by atoms with van der Waals surface area (Å²) in [4.78, 5) is 43.8. The third-order valence-electron chi connectivity index (χ3n) is 3.13. The molecule has 0 aliphatic rings. The lowest BCUT2D eigenvalue weighted by molar-refractivity contribution is -0.150. The first kappa shape index (κ1) is 20.1.